The SMILES string of the molecule is O=C(CC1CCCCC1)Nc1cncc(-c2cnc3[nH]nc(-c4nc5c(-c6cccnc6)nccc5[nH]4)c3c2)c1. The standard InChI is InChI=1S/C30H27N9O/c40-25(11-18-5-2-1-3-6-18)35-22-12-20(15-32-17-22)21-13-23-27(38-39-29(23)34-16-21)30-36-24-8-10-33-26(28(24)37-30)19-7-4-9-31-14-19/h4,7-10,12-18H,1-3,5-6,11H2,(H,35,40)(H,36,37)(H,34,38,39). The van der Waals surface area contributed by atoms with E-state index in [1.165, 1.54) is 19.3 Å². The Kier molecular flexibility index (Phi) is 6.19. The molecule has 0 saturated heterocycles. The van der Waals surface area contributed by atoms with Gasteiger partial charge in [-0.3, -0.25) is 24.8 Å². The van der Waals surface area contributed by atoms with Crippen LogP contribution >= 0.6 is 0 Å². The Morgan fingerprint density at radius 3 is 2.65 bits per heavy atom. The van der Waals surface area contributed by atoms with E-state index in [2.05, 4.69) is 40.4 Å². The van der Waals surface area contributed by atoms with E-state index in [4.69, 9.17) is 4.98 Å². The second kappa shape index (κ2) is 10.3. The molecule has 7 rings (SSSR count). The number of imidazole rings is 1. The molecule has 1 aliphatic carbocycles. The van der Waals surface area contributed by atoms with Gasteiger partial charge in [0.1, 0.15) is 11.2 Å². The summed E-state index contributed by atoms with van der Waals surface area (Å²) in [6.07, 6.45) is 17.0. The van der Waals surface area contributed by atoms with E-state index in [0.29, 0.717) is 35.2 Å². The van der Waals surface area contributed by atoms with Gasteiger partial charge in [0.2, 0.25) is 5.91 Å². The third kappa shape index (κ3) is 4.68. The van der Waals surface area contributed by atoms with Crippen molar-refractivity contribution in [1.82, 2.24) is 40.1 Å². The fraction of sp³-hybridized carbons (Fsp3) is 0.233. The number of hydrogen-bond donors (Lipinski definition) is 3. The Hall–Kier alpha value is -4.99. The number of aromatic nitrogens is 8. The molecule has 0 spiro atoms. The molecule has 0 radical (unpaired) electrons. The number of pyridine rings is 4. The smallest absolute Gasteiger partial charge is 0.224 e. The lowest BCUT2D eigenvalue weighted by atomic mass is 9.87. The quantitative estimate of drug-likeness (QED) is 0.243. The molecule has 10 nitrogen and oxygen atoms in total. The van der Waals surface area contributed by atoms with Crippen molar-refractivity contribution in [1.29, 1.82) is 0 Å². The highest BCUT2D eigenvalue weighted by Crippen LogP contribution is 2.32. The summed E-state index contributed by atoms with van der Waals surface area (Å²) in [6, 6.07) is 9.68. The largest absolute Gasteiger partial charge is 0.336 e. The summed E-state index contributed by atoms with van der Waals surface area (Å²) in [5, 5.41) is 11.4. The molecule has 0 atom stereocenters. The lowest BCUT2D eigenvalue weighted by Gasteiger charge is -2.20. The number of hydrogen-bond acceptors (Lipinski definition) is 7. The van der Waals surface area contributed by atoms with Gasteiger partial charge >= 0.3 is 0 Å². The summed E-state index contributed by atoms with van der Waals surface area (Å²) in [5.74, 6) is 1.13. The normalized spacial score (nSPS) is 14.1. The zero-order chi connectivity index (χ0) is 26.9. The molecule has 3 N–H and O–H groups in total. The van der Waals surface area contributed by atoms with Gasteiger partial charge in [0.05, 0.1) is 28.5 Å². The minimum atomic E-state index is 0.0431. The number of nitrogens with one attached hydrogen (secondary N) is 3. The number of fused-ring (bicyclic) bond motifs is 2. The molecule has 0 aromatic carbocycles. The number of carbonyl (C=O) groups excluding carboxylic acids is 1. The molecule has 6 aromatic rings. The number of anilines is 1. The molecule has 0 bridgehead atoms. The maximum absolute atomic E-state index is 12.7. The van der Waals surface area contributed by atoms with E-state index < -0.39 is 0 Å². The van der Waals surface area contributed by atoms with Crippen molar-refractivity contribution in [3.8, 4) is 33.9 Å². The summed E-state index contributed by atoms with van der Waals surface area (Å²) in [6.45, 7) is 0. The highest BCUT2D eigenvalue weighted by atomic mass is 16.1. The van der Waals surface area contributed by atoms with Crippen LogP contribution in [0.4, 0.5) is 5.69 Å². The first-order chi connectivity index (χ1) is 19.7. The second-order valence-corrected chi connectivity index (χ2v) is 10.3. The molecule has 1 amide bonds. The maximum atomic E-state index is 12.7. The molecule has 6 heterocycles. The Balaban J connectivity index is 1.19. The van der Waals surface area contributed by atoms with Crippen LogP contribution in [0.25, 0.3) is 56.0 Å². The van der Waals surface area contributed by atoms with Crippen LogP contribution in [-0.2, 0) is 4.79 Å². The fourth-order valence-corrected chi connectivity index (χ4v) is 5.54. The van der Waals surface area contributed by atoms with E-state index >= 15 is 0 Å². The van der Waals surface area contributed by atoms with Gasteiger partial charge in [-0.25, -0.2) is 9.97 Å². The van der Waals surface area contributed by atoms with Crippen LogP contribution in [0.1, 0.15) is 38.5 Å². The minimum absolute atomic E-state index is 0.0431. The molecule has 10 heteroatoms. The molecule has 0 aliphatic heterocycles. The molecule has 1 fully saturated rings. The first-order valence-corrected chi connectivity index (χ1v) is 13.6. The predicted octanol–water partition coefficient (Wildman–Crippen LogP) is 5.93. The van der Waals surface area contributed by atoms with Crippen molar-refractivity contribution >= 4 is 33.7 Å². The lowest BCUT2D eigenvalue weighted by molar-refractivity contribution is -0.117. The van der Waals surface area contributed by atoms with E-state index in [-0.39, 0.29) is 5.91 Å². The third-order valence-electron chi connectivity index (χ3n) is 7.53. The zero-order valence-electron chi connectivity index (χ0n) is 21.8. The highest BCUT2D eigenvalue weighted by Gasteiger charge is 2.19. The molecular formula is C30H27N9O. The number of amides is 1. The van der Waals surface area contributed by atoms with E-state index in [9.17, 15) is 4.79 Å². The van der Waals surface area contributed by atoms with Crippen LogP contribution < -0.4 is 5.32 Å². The van der Waals surface area contributed by atoms with Crippen molar-refractivity contribution < 1.29 is 4.79 Å². The summed E-state index contributed by atoms with van der Waals surface area (Å²) in [4.78, 5) is 38.7. The van der Waals surface area contributed by atoms with Gasteiger partial charge in [0, 0.05) is 54.1 Å². The Bertz CT molecular complexity index is 1820. The highest BCUT2D eigenvalue weighted by molar-refractivity contribution is 5.96. The number of rotatable bonds is 6. The minimum Gasteiger partial charge on any atom is -0.336 e. The van der Waals surface area contributed by atoms with Crippen LogP contribution in [0, 0.1) is 5.92 Å². The van der Waals surface area contributed by atoms with Crippen molar-refractivity contribution in [3.05, 3.63) is 67.5 Å². The molecule has 1 aliphatic rings. The van der Waals surface area contributed by atoms with Crippen molar-refractivity contribution in [3.63, 3.8) is 0 Å². The second-order valence-electron chi connectivity index (χ2n) is 10.3. The summed E-state index contributed by atoms with van der Waals surface area (Å²) in [5.41, 5.74) is 6.93. The predicted molar refractivity (Wildman–Crippen MR) is 153 cm³/mol. The van der Waals surface area contributed by atoms with E-state index in [1.54, 1.807) is 37.2 Å². The lowest BCUT2D eigenvalue weighted by Crippen LogP contribution is -2.18. The van der Waals surface area contributed by atoms with Crippen molar-refractivity contribution in [2.45, 2.75) is 38.5 Å². The number of carbonyl (C=O) groups is 1. The van der Waals surface area contributed by atoms with E-state index in [1.807, 2.05) is 30.3 Å². The van der Waals surface area contributed by atoms with Crippen LogP contribution in [0.2, 0.25) is 0 Å². The zero-order valence-corrected chi connectivity index (χ0v) is 21.8. The fourth-order valence-electron chi connectivity index (χ4n) is 5.54. The monoisotopic (exact) mass is 529 g/mol. The summed E-state index contributed by atoms with van der Waals surface area (Å²) in [7, 11) is 0. The topological polar surface area (TPSA) is 138 Å². The van der Waals surface area contributed by atoms with Crippen LogP contribution in [0.15, 0.2) is 67.5 Å². The van der Waals surface area contributed by atoms with Crippen molar-refractivity contribution in [2.75, 3.05) is 5.32 Å². The van der Waals surface area contributed by atoms with Gasteiger partial charge in [0.15, 0.2) is 11.5 Å². The van der Waals surface area contributed by atoms with Gasteiger partial charge in [-0.15, -0.1) is 0 Å². The Morgan fingerprint density at radius 1 is 0.900 bits per heavy atom. The van der Waals surface area contributed by atoms with Crippen LogP contribution in [-0.4, -0.2) is 46.0 Å². The Labute approximate surface area is 229 Å². The summed E-state index contributed by atoms with van der Waals surface area (Å²) >= 11 is 0. The number of nitrogens with zero attached hydrogens (tertiary/aromatic N) is 6. The van der Waals surface area contributed by atoms with Crippen molar-refractivity contribution in [2.24, 2.45) is 5.92 Å². The van der Waals surface area contributed by atoms with E-state index in [0.717, 1.165) is 51.6 Å². The molecular weight excluding hydrogens is 502 g/mol. The van der Waals surface area contributed by atoms with Gasteiger partial charge in [0.25, 0.3) is 0 Å². The Morgan fingerprint density at radius 2 is 1.77 bits per heavy atom. The number of aromatic amines is 2. The maximum Gasteiger partial charge on any atom is 0.224 e. The molecule has 198 valence electrons. The first-order valence-electron chi connectivity index (χ1n) is 13.6. The third-order valence-corrected chi connectivity index (χ3v) is 7.53. The number of H-pyrrole nitrogens is 2. The first kappa shape index (κ1) is 24.1. The van der Waals surface area contributed by atoms with Crippen LogP contribution in [0.5, 0.6) is 0 Å². The van der Waals surface area contributed by atoms with Gasteiger partial charge in [-0.05, 0) is 49.1 Å². The average Bonchev–Trinajstić information content (AvgIpc) is 3.62. The van der Waals surface area contributed by atoms with Gasteiger partial charge < -0.3 is 10.3 Å². The van der Waals surface area contributed by atoms with Gasteiger partial charge in [-0.2, -0.15) is 5.10 Å². The summed E-state index contributed by atoms with van der Waals surface area (Å²) < 4.78 is 0. The molecule has 40 heavy (non-hydrogen) atoms. The molecule has 0 unspecified atom stereocenters. The average molecular weight is 530 g/mol. The molecule has 6 aromatic heterocycles. The molecule has 1 saturated carbocycles. The van der Waals surface area contributed by atoms with Crippen LogP contribution in [0.3, 0.4) is 0 Å². The van der Waals surface area contributed by atoms with Gasteiger partial charge in [-0.1, -0.05) is 19.3 Å².